The minimum Gasteiger partial charge on any atom is -0.371 e. The zero-order valence-electron chi connectivity index (χ0n) is 15.5. The van der Waals surface area contributed by atoms with Crippen molar-refractivity contribution in [2.75, 3.05) is 13.1 Å². The van der Waals surface area contributed by atoms with Gasteiger partial charge in [-0.1, -0.05) is 31.7 Å². The molecule has 1 N–H and O–H groups in total. The van der Waals surface area contributed by atoms with Gasteiger partial charge in [-0.25, -0.2) is 4.68 Å². The Hall–Kier alpha value is -2.36. The van der Waals surface area contributed by atoms with Gasteiger partial charge in [0.05, 0.1) is 11.9 Å². The van der Waals surface area contributed by atoms with Gasteiger partial charge >= 0.3 is 0 Å². The quantitative estimate of drug-likeness (QED) is 0.474. The third-order valence-corrected chi connectivity index (χ3v) is 4.25. The van der Waals surface area contributed by atoms with Gasteiger partial charge in [-0.05, 0) is 51.2 Å². The van der Waals surface area contributed by atoms with Crippen molar-refractivity contribution in [2.24, 2.45) is 0 Å². The molecule has 0 spiro atoms. The first-order valence-corrected chi connectivity index (χ1v) is 9.18. The van der Waals surface area contributed by atoms with Gasteiger partial charge in [0, 0.05) is 36.3 Å². The van der Waals surface area contributed by atoms with Gasteiger partial charge in [0.25, 0.3) is 0 Å². The van der Waals surface area contributed by atoms with E-state index in [4.69, 9.17) is 5.41 Å². The second kappa shape index (κ2) is 9.82. The van der Waals surface area contributed by atoms with Crippen LogP contribution in [0.3, 0.4) is 0 Å². The van der Waals surface area contributed by atoms with E-state index in [0.29, 0.717) is 0 Å². The Morgan fingerprint density at radius 3 is 2.92 bits per heavy atom. The molecule has 4 heteroatoms. The fraction of sp³-hybridized carbons (Fsp3) is 0.429. The standard InChI is InChI=1S/C21H30N4/c1-4-14-24(15-10-9-11-18(2)22)19(3)20-16-23-25(17-20)21-12-7-5-6-8-13-21/h5,7-8,12-13,16-17,22H,3-4,6,9-11,14-15H2,1-2H3. The lowest BCUT2D eigenvalue weighted by atomic mass is 10.1. The molecule has 0 amide bonds. The molecule has 134 valence electrons. The fourth-order valence-corrected chi connectivity index (χ4v) is 2.86. The van der Waals surface area contributed by atoms with Crippen molar-refractivity contribution in [3.63, 3.8) is 0 Å². The molecule has 0 aromatic carbocycles. The second-order valence-corrected chi connectivity index (χ2v) is 6.50. The molecule has 1 aliphatic carbocycles. The van der Waals surface area contributed by atoms with Crippen molar-refractivity contribution in [2.45, 2.75) is 46.0 Å². The Morgan fingerprint density at radius 1 is 1.32 bits per heavy atom. The molecule has 0 atom stereocenters. The maximum Gasteiger partial charge on any atom is 0.0642 e. The van der Waals surface area contributed by atoms with Crippen LogP contribution in [0.4, 0.5) is 0 Å². The summed E-state index contributed by atoms with van der Waals surface area (Å²) in [6.45, 7) is 10.4. The smallest absolute Gasteiger partial charge is 0.0642 e. The zero-order chi connectivity index (χ0) is 18.1. The number of unbranched alkanes of at least 4 members (excludes halogenated alkanes) is 1. The molecule has 0 aliphatic heterocycles. The van der Waals surface area contributed by atoms with Crippen LogP contribution in [-0.2, 0) is 0 Å². The van der Waals surface area contributed by atoms with E-state index in [1.807, 2.05) is 17.8 Å². The summed E-state index contributed by atoms with van der Waals surface area (Å²) in [4.78, 5) is 2.35. The van der Waals surface area contributed by atoms with E-state index in [1.54, 1.807) is 0 Å². The van der Waals surface area contributed by atoms with Crippen LogP contribution in [-0.4, -0.2) is 33.5 Å². The van der Waals surface area contributed by atoms with E-state index in [-0.39, 0.29) is 0 Å². The molecule has 0 saturated heterocycles. The van der Waals surface area contributed by atoms with Crippen LogP contribution in [0.5, 0.6) is 0 Å². The molecule has 2 rings (SSSR count). The van der Waals surface area contributed by atoms with Crippen LogP contribution in [0, 0.1) is 5.41 Å². The number of nitrogens with zero attached hydrogens (tertiary/aromatic N) is 3. The van der Waals surface area contributed by atoms with E-state index < -0.39 is 0 Å². The van der Waals surface area contributed by atoms with Gasteiger partial charge < -0.3 is 10.3 Å². The summed E-state index contributed by atoms with van der Waals surface area (Å²) in [7, 11) is 0. The predicted octanol–water partition coefficient (Wildman–Crippen LogP) is 5.13. The summed E-state index contributed by atoms with van der Waals surface area (Å²) in [5.74, 6) is 0. The third kappa shape index (κ3) is 5.89. The van der Waals surface area contributed by atoms with Gasteiger partial charge in [0.2, 0.25) is 0 Å². The molecule has 0 radical (unpaired) electrons. The summed E-state index contributed by atoms with van der Waals surface area (Å²) >= 11 is 0. The second-order valence-electron chi connectivity index (χ2n) is 6.50. The Balaban J connectivity index is 2.02. The summed E-state index contributed by atoms with van der Waals surface area (Å²) in [6.07, 6.45) is 19.6. The Labute approximate surface area is 151 Å². The van der Waals surface area contributed by atoms with Crippen LogP contribution in [0.15, 0.2) is 49.4 Å². The number of hydrogen-bond donors (Lipinski definition) is 1. The van der Waals surface area contributed by atoms with Crippen molar-refractivity contribution in [3.05, 3.63) is 54.9 Å². The molecule has 0 unspecified atom stereocenters. The lowest BCUT2D eigenvalue weighted by Gasteiger charge is -2.25. The van der Waals surface area contributed by atoms with Gasteiger partial charge in [-0.3, -0.25) is 0 Å². The van der Waals surface area contributed by atoms with E-state index in [9.17, 15) is 0 Å². The van der Waals surface area contributed by atoms with Crippen molar-refractivity contribution in [1.29, 1.82) is 5.41 Å². The number of rotatable bonds is 10. The first kappa shape index (κ1) is 19.0. The number of allylic oxidation sites excluding steroid dienone is 6. The van der Waals surface area contributed by atoms with Gasteiger partial charge in [0.1, 0.15) is 0 Å². The van der Waals surface area contributed by atoms with E-state index >= 15 is 0 Å². The van der Waals surface area contributed by atoms with Crippen molar-refractivity contribution < 1.29 is 0 Å². The minimum absolute atomic E-state index is 0.765. The molecule has 1 heterocycles. The summed E-state index contributed by atoms with van der Waals surface area (Å²) in [5, 5.41) is 12.1. The zero-order valence-corrected chi connectivity index (χ0v) is 15.5. The van der Waals surface area contributed by atoms with Crippen LogP contribution < -0.4 is 0 Å². The van der Waals surface area contributed by atoms with Crippen LogP contribution in [0.25, 0.3) is 11.4 Å². The molecule has 0 bridgehead atoms. The SMILES string of the molecule is C=C(c1cnn(C2=CC=CCC=C2)c1)N(CCC)CCCCC(C)=N. The van der Waals surface area contributed by atoms with Gasteiger partial charge in [-0.2, -0.15) is 5.10 Å². The average molecular weight is 338 g/mol. The largest absolute Gasteiger partial charge is 0.371 e. The van der Waals surface area contributed by atoms with Crippen molar-refractivity contribution in [3.8, 4) is 0 Å². The molecule has 1 aromatic rings. The van der Waals surface area contributed by atoms with Gasteiger partial charge in [-0.15, -0.1) is 0 Å². The highest BCUT2D eigenvalue weighted by atomic mass is 15.3. The predicted molar refractivity (Wildman–Crippen MR) is 108 cm³/mol. The Bertz CT molecular complexity index is 676. The van der Waals surface area contributed by atoms with Crippen LogP contribution >= 0.6 is 0 Å². The molecule has 25 heavy (non-hydrogen) atoms. The summed E-state index contributed by atoms with van der Waals surface area (Å²) < 4.78 is 1.91. The molecule has 4 nitrogen and oxygen atoms in total. The summed E-state index contributed by atoms with van der Waals surface area (Å²) in [5.41, 5.74) is 3.94. The highest BCUT2D eigenvalue weighted by Crippen LogP contribution is 2.20. The Kier molecular flexibility index (Phi) is 7.45. The number of nitrogens with one attached hydrogen (secondary N) is 1. The molecule has 1 aliphatic rings. The average Bonchev–Trinajstić information content (AvgIpc) is 2.92. The minimum atomic E-state index is 0.765. The monoisotopic (exact) mass is 338 g/mol. The van der Waals surface area contributed by atoms with E-state index in [1.165, 1.54) is 0 Å². The van der Waals surface area contributed by atoms with Crippen LogP contribution in [0.2, 0.25) is 0 Å². The lowest BCUT2D eigenvalue weighted by Crippen LogP contribution is -2.23. The normalized spacial score (nSPS) is 13.4. The lowest BCUT2D eigenvalue weighted by molar-refractivity contribution is 0.386. The highest BCUT2D eigenvalue weighted by Gasteiger charge is 2.12. The first-order valence-electron chi connectivity index (χ1n) is 9.18. The highest BCUT2D eigenvalue weighted by molar-refractivity contribution is 5.78. The van der Waals surface area contributed by atoms with Crippen molar-refractivity contribution >= 4 is 17.1 Å². The van der Waals surface area contributed by atoms with E-state index in [0.717, 1.165) is 67.9 Å². The maximum atomic E-state index is 7.54. The fourth-order valence-electron chi connectivity index (χ4n) is 2.86. The third-order valence-electron chi connectivity index (χ3n) is 4.25. The molecule has 0 saturated carbocycles. The molecular weight excluding hydrogens is 308 g/mol. The molecule has 0 fully saturated rings. The number of hydrogen-bond acceptors (Lipinski definition) is 3. The van der Waals surface area contributed by atoms with E-state index in [2.05, 4.69) is 60.1 Å². The van der Waals surface area contributed by atoms with Crippen molar-refractivity contribution in [1.82, 2.24) is 14.7 Å². The maximum absolute atomic E-state index is 7.54. The first-order chi connectivity index (χ1) is 12.1. The molecule has 1 aromatic heterocycles. The topological polar surface area (TPSA) is 44.9 Å². The van der Waals surface area contributed by atoms with Gasteiger partial charge in [0.15, 0.2) is 0 Å². The van der Waals surface area contributed by atoms with Crippen LogP contribution in [0.1, 0.15) is 51.5 Å². The Morgan fingerprint density at radius 2 is 2.16 bits per heavy atom. The number of aromatic nitrogens is 2. The summed E-state index contributed by atoms with van der Waals surface area (Å²) in [6, 6.07) is 0. The molecular formula is C21H30N4.